The highest BCUT2D eigenvalue weighted by atomic mass is 16.7. The number of hydrogen-bond acceptors (Lipinski definition) is 10. The van der Waals surface area contributed by atoms with Gasteiger partial charge in [-0.3, -0.25) is 4.79 Å². The van der Waals surface area contributed by atoms with Crippen LogP contribution in [0.2, 0.25) is 0 Å². The molecule has 1 aliphatic rings. The summed E-state index contributed by atoms with van der Waals surface area (Å²) >= 11 is 0. The van der Waals surface area contributed by atoms with Crippen molar-refractivity contribution >= 4 is 5.91 Å². The number of ether oxygens (including phenoxy) is 2. The number of hydrogen-bond donors (Lipinski definition) is 8. The average molecular weight is 944 g/mol. The first-order chi connectivity index (χ1) is 32.2. The van der Waals surface area contributed by atoms with E-state index in [2.05, 4.69) is 19.2 Å². The SMILES string of the molecule is CCCCCCCCCCCCCCCCCCCCCCCCCCCCCCCC(O)C(O)C(COC1OC(CO)C(O)C(O)C1O)NC(=O)C(O)CCCCCCCCCCCC. The van der Waals surface area contributed by atoms with Gasteiger partial charge >= 0.3 is 0 Å². The Morgan fingerprint density at radius 1 is 0.470 bits per heavy atom. The quantitative estimate of drug-likeness (QED) is 0.0273. The fourth-order valence-electron chi connectivity index (χ4n) is 9.50. The van der Waals surface area contributed by atoms with E-state index in [9.17, 15) is 40.5 Å². The summed E-state index contributed by atoms with van der Waals surface area (Å²) in [7, 11) is 0. The first-order valence-electron chi connectivity index (χ1n) is 28.4. The number of unbranched alkanes of at least 4 members (excludes halogenated alkanes) is 37. The molecule has 1 rings (SSSR count). The van der Waals surface area contributed by atoms with Crippen molar-refractivity contribution in [3.63, 3.8) is 0 Å². The number of carbonyl (C=O) groups is 1. The monoisotopic (exact) mass is 944 g/mol. The fourth-order valence-corrected chi connectivity index (χ4v) is 9.50. The first-order valence-corrected chi connectivity index (χ1v) is 28.4. The maximum Gasteiger partial charge on any atom is 0.249 e. The summed E-state index contributed by atoms with van der Waals surface area (Å²) in [6.45, 7) is 3.46. The minimum atomic E-state index is -1.66. The van der Waals surface area contributed by atoms with E-state index in [1.54, 1.807) is 0 Å². The number of nitrogens with one attached hydrogen (secondary N) is 1. The number of amides is 1. The van der Waals surface area contributed by atoms with Gasteiger partial charge in [-0.15, -0.1) is 0 Å². The molecule has 11 nitrogen and oxygen atoms in total. The number of aliphatic hydroxyl groups is 7. The van der Waals surface area contributed by atoms with E-state index in [1.807, 2.05) is 0 Å². The predicted molar refractivity (Wildman–Crippen MR) is 270 cm³/mol. The molecule has 0 radical (unpaired) electrons. The molecule has 0 aliphatic carbocycles. The van der Waals surface area contributed by atoms with Crippen molar-refractivity contribution in [3.8, 4) is 0 Å². The van der Waals surface area contributed by atoms with E-state index in [1.165, 1.54) is 199 Å². The van der Waals surface area contributed by atoms with E-state index >= 15 is 0 Å². The highest BCUT2D eigenvalue weighted by Crippen LogP contribution is 2.24. The molecule has 66 heavy (non-hydrogen) atoms. The molecule has 11 heteroatoms. The molecular formula is C55H109NO10. The lowest BCUT2D eigenvalue weighted by molar-refractivity contribution is -0.303. The lowest BCUT2D eigenvalue weighted by Gasteiger charge is -2.40. The van der Waals surface area contributed by atoms with Crippen molar-refractivity contribution in [1.29, 1.82) is 0 Å². The molecule has 0 bridgehead atoms. The minimum absolute atomic E-state index is 0.265. The molecular weight excluding hydrogens is 835 g/mol. The Bertz CT molecular complexity index is 1040. The molecule has 0 aromatic rings. The van der Waals surface area contributed by atoms with Crippen LogP contribution in [-0.2, 0) is 14.3 Å². The van der Waals surface area contributed by atoms with Crippen molar-refractivity contribution in [2.75, 3.05) is 13.2 Å². The van der Waals surface area contributed by atoms with Crippen molar-refractivity contribution in [1.82, 2.24) is 5.32 Å². The van der Waals surface area contributed by atoms with Crippen LogP contribution >= 0.6 is 0 Å². The van der Waals surface area contributed by atoms with Crippen molar-refractivity contribution in [2.45, 2.75) is 332 Å². The summed E-state index contributed by atoms with van der Waals surface area (Å²) in [5.74, 6) is -0.694. The molecule has 0 spiro atoms. The van der Waals surface area contributed by atoms with Gasteiger partial charge in [0, 0.05) is 0 Å². The second-order valence-corrected chi connectivity index (χ2v) is 20.4. The standard InChI is InChI=1S/C55H109NO10/c1-3-5-7-9-11-13-15-16-17-18-19-20-21-22-23-24-25-26-27-28-29-30-31-32-33-35-36-38-40-42-47(58)50(60)46(45-65-55-53(63)52(62)51(61)49(44-57)66-55)56-54(64)48(59)43-41-39-37-34-14-12-10-8-6-4-2/h46-53,55,57-63H,3-45H2,1-2H3,(H,56,64). The zero-order valence-electron chi connectivity index (χ0n) is 43.0. The van der Waals surface area contributed by atoms with Gasteiger partial charge in [0.1, 0.15) is 36.6 Å². The zero-order chi connectivity index (χ0) is 48.3. The van der Waals surface area contributed by atoms with Gasteiger partial charge in [-0.2, -0.15) is 0 Å². The Hall–Kier alpha value is -0.890. The molecule has 0 aromatic carbocycles. The third-order valence-electron chi connectivity index (χ3n) is 14.2. The van der Waals surface area contributed by atoms with Crippen molar-refractivity contribution in [3.05, 3.63) is 0 Å². The largest absolute Gasteiger partial charge is 0.394 e. The fraction of sp³-hybridized carbons (Fsp3) is 0.982. The third kappa shape index (κ3) is 33.6. The van der Waals surface area contributed by atoms with E-state index in [4.69, 9.17) is 9.47 Å². The molecule has 394 valence electrons. The summed E-state index contributed by atoms with van der Waals surface area (Å²) in [6.07, 6.45) is 39.0. The number of carbonyl (C=O) groups excluding carboxylic acids is 1. The Labute approximate surface area is 405 Å². The maximum atomic E-state index is 13.1. The molecule has 1 saturated heterocycles. The van der Waals surface area contributed by atoms with Crippen LogP contribution in [0.1, 0.15) is 277 Å². The smallest absolute Gasteiger partial charge is 0.249 e. The predicted octanol–water partition coefficient (Wildman–Crippen LogP) is 11.4. The molecule has 1 fully saturated rings. The maximum absolute atomic E-state index is 13.1. The molecule has 1 aliphatic heterocycles. The lowest BCUT2D eigenvalue weighted by atomic mass is 9.98. The van der Waals surface area contributed by atoms with Crippen LogP contribution in [0.5, 0.6) is 0 Å². The summed E-state index contributed by atoms with van der Waals surface area (Å²) in [5.41, 5.74) is 0. The normalized spacial score (nSPS) is 20.7. The first kappa shape index (κ1) is 63.1. The van der Waals surface area contributed by atoms with Crippen LogP contribution in [0.25, 0.3) is 0 Å². The number of aliphatic hydroxyl groups excluding tert-OH is 7. The molecule has 9 atom stereocenters. The van der Waals surface area contributed by atoms with Gasteiger partial charge in [0.25, 0.3) is 0 Å². The van der Waals surface area contributed by atoms with E-state index in [-0.39, 0.29) is 6.42 Å². The van der Waals surface area contributed by atoms with E-state index < -0.39 is 74.2 Å². The highest BCUT2D eigenvalue weighted by Gasteiger charge is 2.44. The van der Waals surface area contributed by atoms with E-state index in [0.29, 0.717) is 19.3 Å². The molecule has 8 N–H and O–H groups in total. The molecule has 0 saturated carbocycles. The van der Waals surface area contributed by atoms with Crippen LogP contribution in [-0.4, -0.2) is 110 Å². The Morgan fingerprint density at radius 3 is 1.12 bits per heavy atom. The highest BCUT2D eigenvalue weighted by molar-refractivity contribution is 5.80. The Kier molecular flexibility index (Phi) is 43.3. The van der Waals surface area contributed by atoms with Crippen molar-refractivity contribution < 1.29 is 50.0 Å². The molecule has 1 amide bonds. The molecule has 1 heterocycles. The lowest BCUT2D eigenvalue weighted by Crippen LogP contribution is -2.60. The zero-order valence-corrected chi connectivity index (χ0v) is 43.0. The summed E-state index contributed by atoms with van der Waals surface area (Å²) < 4.78 is 11.1. The van der Waals surface area contributed by atoms with Gasteiger partial charge in [-0.05, 0) is 12.8 Å². The van der Waals surface area contributed by atoms with Crippen LogP contribution in [0, 0.1) is 0 Å². The molecule has 0 aromatic heterocycles. The third-order valence-corrected chi connectivity index (χ3v) is 14.2. The van der Waals surface area contributed by atoms with Crippen LogP contribution in [0.15, 0.2) is 0 Å². The van der Waals surface area contributed by atoms with Gasteiger partial charge in [-0.1, -0.05) is 264 Å². The van der Waals surface area contributed by atoms with Crippen LogP contribution in [0.3, 0.4) is 0 Å². The van der Waals surface area contributed by atoms with Gasteiger partial charge in [0.2, 0.25) is 5.91 Å². The topological polar surface area (TPSA) is 189 Å². The average Bonchev–Trinajstić information content (AvgIpc) is 3.32. The summed E-state index contributed by atoms with van der Waals surface area (Å²) in [4.78, 5) is 13.1. The second kappa shape index (κ2) is 45.3. The van der Waals surface area contributed by atoms with Crippen LogP contribution in [0.4, 0.5) is 0 Å². The van der Waals surface area contributed by atoms with Gasteiger partial charge in [0.05, 0.1) is 25.4 Å². The number of rotatable bonds is 49. The summed E-state index contributed by atoms with van der Waals surface area (Å²) in [5, 5.41) is 75.9. The molecule has 9 unspecified atom stereocenters. The Morgan fingerprint density at radius 2 is 0.788 bits per heavy atom. The van der Waals surface area contributed by atoms with Crippen LogP contribution < -0.4 is 5.32 Å². The Balaban J connectivity index is 2.20. The van der Waals surface area contributed by atoms with Gasteiger partial charge < -0.3 is 50.5 Å². The summed E-state index contributed by atoms with van der Waals surface area (Å²) in [6, 6.07) is -1.16. The van der Waals surface area contributed by atoms with Crippen molar-refractivity contribution in [2.24, 2.45) is 0 Å². The van der Waals surface area contributed by atoms with Gasteiger partial charge in [0.15, 0.2) is 6.29 Å². The second-order valence-electron chi connectivity index (χ2n) is 20.4. The van der Waals surface area contributed by atoms with Gasteiger partial charge in [-0.25, -0.2) is 0 Å². The minimum Gasteiger partial charge on any atom is -0.394 e. The van der Waals surface area contributed by atoms with E-state index in [0.717, 1.165) is 38.5 Å².